The number of ether oxygens (including phenoxy) is 1. The summed E-state index contributed by atoms with van der Waals surface area (Å²) in [5.74, 6) is 0.734. The molecule has 39 heavy (non-hydrogen) atoms. The van der Waals surface area contributed by atoms with E-state index in [2.05, 4.69) is 23.8 Å². The molecule has 3 aromatic rings. The molecule has 1 aromatic heterocycles. The van der Waals surface area contributed by atoms with E-state index in [0.717, 1.165) is 30.4 Å². The molecule has 210 valence electrons. The third-order valence-corrected chi connectivity index (χ3v) is 7.54. The molecule has 5 heteroatoms. The molecule has 2 aromatic carbocycles. The van der Waals surface area contributed by atoms with Crippen molar-refractivity contribution in [3.63, 3.8) is 0 Å². The summed E-state index contributed by atoms with van der Waals surface area (Å²) in [5, 5.41) is 0.626. The van der Waals surface area contributed by atoms with Gasteiger partial charge in [-0.15, -0.1) is 0 Å². The zero-order valence-corrected chi connectivity index (χ0v) is 24.6. The van der Waals surface area contributed by atoms with Gasteiger partial charge in [-0.1, -0.05) is 102 Å². The van der Waals surface area contributed by atoms with Crippen LogP contribution in [-0.2, 0) is 12.8 Å². The topological polar surface area (TPSA) is 52.1 Å². The minimum absolute atomic E-state index is 0.415. The standard InChI is InChI=1S/C34H45ClN2O2/c1-3-5-7-9-11-12-14-16-27-25-36-33(37-26-27)29-20-22-31(23-21-29)39-34(38)30-19-18-28(32(35)24-30)17-15-13-10-8-6-4-2/h18-26H,3-17H2,1-2H3. The Hall–Kier alpha value is -2.72. The lowest BCUT2D eigenvalue weighted by molar-refractivity contribution is 0.0734. The maximum absolute atomic E-state index is 12.7. The van der Waals surface area contributed by atoms with Crippen molar-refractivity contribution in [3.05, 3.63) is 76.6 Å². The van der Waals surface area contributed by atoms with Gasteiger partial charge in [0.05, 0.1) is 5.56 Å². The molecule has 0 N–H and O–H groups in total. The van der Waals surface area contributed by atoms with Crippen LogP contribution in [0.5, 0.6) is 5.75 Å². The van der Waals surface area contributed by atoms with Crippen LogP contribution >= 0.6 is 11.6 Å². The Morgan fingerprint density at radius 1 is 0.718 bits per heavy atom. The second kappa shape index (κ2) is 17.8. The predicted molar refractivity (Wildman–Crippen MR) is 163 cm³/mol. The van der Waals surface area contributed by atoms with Crippen LogP contribution in [0.3, 0.4) is 0 Å². The number of unbranched alkanes of at least 4 members (excludes halogenated alkanes) is 11. The molecule has 0 spiro atoms. The van der Waals surface area contributed by atoms with Gasteiger partial charge in [-0.3, -0.25) is 0 Å². The van der Waals surface area contributed by atoms with Gasteiger partial charge in [0.2, 0.25) is 0 Å². The van der Waals surface area contributed by atoms with Crippen LogP contribution in [0.1, 0.15) is 119 Å². The number of esters is 1. The van der Waals surface area contributed by atoms with Crippen LogP contribution < -0.4 is 4.74 Å². The maximum atomic E-state index is 12.7. The van der Waals surface area contributed by atoms with E-state index in [4.69, 9.17) is 16.3 Å². The first-order valence-corrected chi connectivity index (χ1v) is 15.4. The average molecular weight is 549 g/mol. The van der Waals surface area contributed by atoms with Gasteiger partial charge in [0.15, 0.2) is 5.82 Å². The Kier molecular flexibility index (Phi) is 14.1. The fraction of sp³-hybridized carbons (Fsp3) is 0.500. The molecule has 0 saturated heterocycles. The lowest BCUT2D eigenvalue weighted by Crippen LogP contribution is -2.08. The molecule has 0 amide bonds. The third-order valence-electron chi connectivity index (χ3n) is 7.19. The van der Waals surface area contributed by atoms with Crippen molar-refractivity contribution < 1.29 is 9.53 Å². The highest BCUT2D eigenvalue weighted by atomic mass is 35.5. The second-order valence-electron chi connectivity index (χ2n) is 10.5. The van der Waals surface area contributed by atoms with Gasteiger partial charge < -0.3 is 4.74 Å². The minimum Gasteiger partial charge on any atom is -0.423 e. The van der Waals surface area contributed by atoms with Crippen molar-refractivity contribution in [2.45, 2.75) is 110 Å². The summed E-state index contributed by atoms with van der Waals surface area (Å²) >= 11 is 6.48. The number of carbonyl (C=O) groups excluding carboxylic acids is 1. The normalized spacial score (nSPS) is 11.1. The van der Waals surface area contributed by atoms with E-state index in [1.165, 1.54) is 82.6 Å². The molecule has 0 atom stereocenters. The maximum Gasteiger partial charge on any atom is 0.343 e. The van der Waals surface area contributed by atoms with Crippen LogP contribution in [0.4, 0.5) is 0 Å². The SMILES string of the molecule is CCCCCCCCCc1cnc(-c2ccc(OC(=O)c3ccc(CCCCCCCC)c(Cl)c3)cc2)nc1. The number of benzene rings is 2. The molecule has 0 aliphatic rings. The van der Waals surface area contributed by atoms with Gasteiger partial charge in [-0.2, -0.15) is 0 Å². The van der Waals surface area contributed by atoms with E-state index >= 15 is 0 Å². The smallest absolute Gasteiger partial charge is 0.343 e. The summed E-state index contributed by atoms with van der Waals surface area (Å²) in [6.45, 7) is 4.48. The first-order chi connectivity index (χ1) is 19.1. The van der Waals surface area contributed by atoms with Crippen molar-refractivity contribution in [2.75, 3.05) is 0 Å². The van der Waals surface area contributed by atoms with Crippen LogP contribution in [0.15, 0.2) is 54.9 Å². The Balaban J connectivity index is 1.44. The van der Waals surface area contributed by atoms with Crippen molar-refractivity contribution in [1.82, 2.24) is 9.97 Å². The highest BCUT2D eigenvalue weighted by molar-refractivity contribution is 6.31. The number of aromatic nitrogens is 2. The summed E-state index contributed by atoms with van der Waals surface area (Å²) < 4.78 is 5.59. The number of nitrogens with zero attached hydrogens (tertiary/aromatic N) is 2. The quantitative estimate of drug-likeness (QED) is 0.0900. The van der Waals surface area contributed by atoms with Gasteiger partial charge in [0, 0.05) is 23.0 Å². The van der Waals surface area contributed by atoms with Crippen molar-refractivity contribution in [2.24, 2.45) is 0 Å². The lowest BCUT2D eigenvalue weighted by Gasteiger charge is -2.09. The van der Waals surface area contributed by atoms with Crippen LogP contribution in [-0.4, -0.2) is 15.9 Å². The Labute approximate surface area is 240 Å². The predicted octanol–water partition coefficient (Wildman–Crippen LogP) is 10.2. The summed E-state index contributed by atoms with van der Waals surface area (Å²) in [7, 11) is 0. The fourth-order valence-corrected chi connectivity index (χ4v) is 5.01. The largest absolute Gasteiger partial charge is 0.423 e. The zero-order valence-electron chi connectivity index (χ0n) is 23.9. The lowest BCUT2D eigenvalue weighted by atomic mass is 10.0. The Morgan fingerprint density at radius 2 is 1.28 bits per heavy atom. The Bertz CT molecular complexity index is 1110. The molecule has 0 unspecified atom stereocenters. The van der Waals surface area contributed by atoms with Gasteiger partial charge in [0.25, 0.3) is 0 Å². The molecular weight excluding hydrogens is 504 g/mol. The zero-order chi connectivity index (χ0) is 27.7. The monoisotopic (exact) mass is 548 g/mol. The highest BCUT2D eigenvalue weighted by Gasteiger charge is 2.12. The third kappa shape index (κ3) is 11.1. The molecule has 0 saturated carbocycles. The first kappa shape index (κ1) is 30.8. The number of carbonyl (C=O) groups is 1. The van der Waals surface area contributed by atoms with Gasteiger partial charge in [-0.05, 0) is 73.2 Å². The molecule has 0 aliphatic heterocycles. The van der Waals surface area contributed by atoms with E-state index < -0.39 is 5.97 Å². The molecule has 3 rings (SSSR count). The average Bonchev–Trinajstić information content (AvgIpc) is 2.96. The highest BCUT2D eigenvalue weighted by Crippen LogP contribution is 2.24. The fourth-order valence-electron chi connectivity index (χ4n) is 4.73. The molecule has 0 aliphatic carbocycles. The van der Waals surface area contributed by atoms with E-state index in [0.29, 0.717) is 22.2 Å². The molecule has 0 fully saturated rings. The first-order valence-electron chi connectivity index (χ1n) is 15.0. The van der Waals surface area contributed by atoms with Crippen LogP contribution in [0.2, 0.25) is 5.02 Å². The van der Waals surface area contributed by atoms with E-state index in [1.54, 1.807) is 24.3 Å². The summed E-state index contributed by atoms with van der Waals surface area (Å²) in [5.41, 5.74) is 3.60. The van der Waals surface area contributed by atoms with Gasteiger partial charge in [0.1, 0.15) is 5.75 Å². The summed E-state index contributed by atoms with van der Waals surface area (Å²) in [6, 6.07) is 12.8. The summed E-state index contributed by atoms with van der Waals surface area (Å²) in [6.07, 6.45) is 22.4. The second-order valence-corrected chi connectivity index (χ2v) is 10.9. The molecule has 4 nitrogen and oxygen atoms in total. The number of hydrogen-bond donors (Lipinski definition) is 0. The van der Waals surface area contributed by atoms with Crippen molar-refractivity contribution >= 4 is 17.6 Å². The number of hydrogen-bond acceptors (Lipinski definition) is 4. The molecule has 0 radical (unpaired) electrons. The van der Waals surface area contributed by atoms with Crippen LogP contribution in [0, 0.1) is 0 Å². The minimum atomic E-state index is -0.415. The van der Waals surface area contributed by atoms with Crippen molar-refractivity contribution in [3.8, 4) is 17.1 Å². The number of rotatable bonds is 18. The van der Waals surface area contributed by atoms with Gasteiger partial charge in [-0.25, -0.2) is 14.8 Å². The van der Waals surface area contributed by atoms with E-state index in [-0.39, 0.29) is 0 Å². The molecule has 1 heterocycles. The molecule has 0 bridgehead atoms. The van der Waals surface area contributed by atoms with E-state index in [1.807, 2.05) is 30.6 Å². The number of halogens is 1. The number of aryl methyl sites for hydroxylation is 2. The molecular formula is C34H45ClN2O2. The van der Waals surface area contributed by atoms with Gasteiger partial charge >= 0.3 is 5.97 Å². The van der Waals surface area contributed by atoms with Crippen LogP contribution in [0.25, 0.3) is 11.4 Å². The Morgan fingerprint density at radius 3 is 1.87 bits per heavy atom. The summed E-state index contributed by atoms with van der Waals surface area (Å²) in [4.78, 5) is 21.8. The van der Waals surface area contributed by atoms with E-state index in [9.17, 15) is 4.79 Å². The van der Waals surface area contributed by atoms with Crippen molar-refractivity contribution in [1.29, 1.82) is 0 Å².